The van der Waals surface area contributed by atoms with Gasteiger partial charge in [-0.3, -0.25) is 4.79 Å². The van der Waals surface area contributed by atoms with Crippen molar-refractivity contribution < 1.29 is 9.53 Å². The molecule has 0 radical (unpaired) electrons. The molecule has 2 aromatic carbocycles. The quantitative estimate of drug-likeness (QED) is 0.435. The van der Waals surface area contributed by atoms with E-state index in [-0.39, 0.29) is 16.7 Å². The Labute approximate surface area is 202 Å². The Bertz CT molecular complexity index is 1280. The highest BCUT2D eigenvalue weighted by Gasteiger charge is 2.73. The van der Waals surface area contributed by atoms with Crippen LogP contribution in [0.25, 0.3) is 11.0 Å². The monoisotopic (exact) mass is 457 g/mol. The van der Waals surface area contributed by atoms with Gasteiger partial charge in [0.1, 0.15) is 5.75 Å². The summed E-state index contributed by atoms with van der Waals surface area (Å²) < 4.78 is 5.77. The number of unbranched alkanes of at least 4 members (excludes halogenated alkanes) is 1. The summed E-state index contributed by atoms with van der Waals surface area (Å²) in [5, 5.41) is 3.22. The summed E-state index contributed by atoms with van der Waals surface area (Å²) in [6.45, 7) is 13.8. The molecule has 0 saturated heterocycles. The van der Waals surface area contributed by atoms with Crippen LogP contribution in [0.1, 0.15) is 75.9 Å². The average molecular weight is 458 g/mol. The van der Waals surface area contributed by atoms with Gasteiger partial charge in [0.05, 0.1) is 34.4 Å². The fraction of sp³-hybridized carbons (Fsp3) is 0.483. The fourth-order valence-electron chi connectivity index (χ4n) is 6.07. The second kappa shape index (κ2) is 7.79. The van der Waals surface area contributed by atoms with E-state index in [9.17, 15) is 4.79 Å². The fourth-order valence-corrected chi connectivity index (χ4v) is 6.07. The van der Waals surface area contributed by atoms with E-state index in [0.29, 0.717) is 6.61 Å². The first-order valence-electron chi connectivity index (χ1n) is 12.5. The van der Waals surface area contributed by atoms with Gasteiger partial charge < -0.3 is 10.1 Å². The molecule has 3 aromatic rings. The number of amides is 1. The van der Waals surface area contributed by atoms with Gasteiger partial charge in [0, 0.05) is 11.1 Å². The second-order valence-corrected chi connectivity index (χ2v) is 10.9. The van der Waals surface area contributed by atoms with Gasteiger partial charge >= 0.3 is 0 Å². The molecule has 5 nitrogen and oxygen atoms in total. The zero-order valence-corrected chi connectivity index (χ0v) is 21.2. The molecule has 0 aliphatic heterocycles. The van der Waals surface area contributed by atoms with Crippen LogP contribution in [-0.2, 0) is 15.6 Å². The maximum absolute atomic E-state index is 14.1. The molecular formula is C29H35N3O2. The molecule has 34 heavy (non-hydrogen) atoms. The number of rotatable bonds is 6. The highest BCUT2D eigenvalue weighted by molar-refractivity contribution is 6.02. The van der Waals surface area contributed by atoms with Gasteiger partial charge in [-0.15, -0.1) is 0 Å². The van der Waals surface area contributed by atoms with Crippen LogP contribution in [0.4, 0.5) is 5.69 Å². The summed E-state index contributed by atoms with van der Waals surface area (Å²) in [7, 11) is 0. The molecule has 1 N–H and O–H groups in total. The molecule has 2 atom stereocenters. The normalized spacial score (nSPS) is 24.3. The van der Waals surface area contributed by atoms with Gasteiger partial charge in [0.15, 0.2) is 0 Å². The number of carbonyl (C=O) groups excluding carboxylic acids is 1. The first-order valence-corrected chi connectivity index (χ1v) is 12.5. The Hall–Kier alpha value is -2.95. The number of anilines is 1. The van der Waals surface area contributed by atoms with Crippen LogP contribution in [0.2, 0.25) is 0 Å². The minimum Gasteiger partial charge on any atom is -0.494 e. The van der Waals surface area contributed by atoms with E-state index in [0.717, 1.165) is 59.5 Å². The van der Waals surface area contributed by atoms with E-state index >= 15 is 0 Å². The van der Waals surface area contributed by atoms with E-state index in [1.807, 2.05) is 24.3 Å². The molecule has 2 aliphatic rings. The van der Waals surface area contributed by atoms with Gasteiger partial charge in [0.25, 0.3) is 0 Å². The Balaban J connectivity index is 1.53. The first kappa shape index (κ1) is 22.8. The Morgan fingerprint density at radius 1 is 0.971 bits per heavy atom. The van der Waals surface area contributed by atoms with Gasteiger partial charge in [0.2, 0.25) is 5.91 Å². The Kier molecular flexibility index (Phi) is 5.23. The van der Waals surface area contributed by atoms with Crippen LogP contribution < -0.4 is 10.1 Å². The summed E-state index contributed by atoms with van der Waals surface area (Å²) in [6, 6.07) is 11.9. The van der Waals surface area contributed by atoms with Crippen molar-refractivity contribution in [3.63, 3.8) is 0 Å². The topological polar surface area (TPSA) is 64.1 Å². The number of nitrogens with zero attached hydrogens (tertiary/aromatic N) is 2. The Morgan fingerprint density at radius 2 is 1.59 bits per heavy atom. The molecule has 2 unspecified atom stereocenters. The Morgan fingerprint density at radius 3 is 2.21 bits per heavy atom. The third-order valence-electron chi connectivity index (χ3n) is 8.92. The smallest absolute Gasteiger partial charge is 0.237 e. The minimum atomic E-state index is -0.715. The van der Waals surface area contributed by atoms with Crippen molar-refractivity contribution in [3.05, 3.63) is 58.9 Å². The van der Waals surface area contributed by atoms with Crippen LogP contribution >= 0.6 is 0 Å². The summed E-state index contributed by atoms with van der Waals surface area (Å²) in [6.07, 6.45) is 3.83. The zero-order chi connectivity index (χ0) is 24.3. The van der Waals surface area contributed by atoms with Crippen LogP contribution in [0.15, 0.2) is 36.4 Å². The van der Waals surface area contributed by atoms with Gasteiger partial charge in [-0.1, -0.05) is 34.1 Å². The van der Waals surface area contributed by atoms with Crippen LogP contribution in [0, 0.1) is 19.3 Å². The standard InChI is InChI=1S/C29H35N3O2/c1-7-8-15-34-21-11-9-20(10-12-21)30-26(33)29-14-13-28(6,27(29,4)5)24-25(29)32-23-17-19(3)18(2)16-22(23)31-24/h9-12,16-17H,7-8,13-15H2,1-6H3,(H,30,33). The molecule has 1 saturated carbocycles. The summed E-state index contributed by atoms with van der Waals surface area (Å²) in [5.41, 5.74) is 5.60. The van der Waals surface area contributed by atoms with Crippen molar-refractivity contribution >= 4 is 22.6 Å². The molecule has 1 aromatic heterocycles. The number of fused-ring (bicyclic) bond motifs is 6. The predicted octanol–water partition coefficient (Wildman–Crippen LogP) is 6.39. The van der Waals surface area contributed by atoms with Crippen LogP contribution in [0.5, 0.6) is 5.75 Å². The lowest BCUT2D eigenvalue weighted by Gasteiger charge is -2.39. The third kappa shape index (κ3) is 3.02. The van der Waals surface area contributed by atoms with Crippen molar-refractivity contribution in [1.82, 2.24) is 9.97 Å². The van der Waals surface area contributed by atoms with E-state index < -0.39 is 5.41 Å². The predicted molar refractivity (Wildman–Crippen MR) is 137 cm³/mol. The highest BCUT2D eigenvalue weighted by Crippen LogP contribution is 2.70. The molecule has 178 valence electrons. The SMILES string of the molecule is CCCCOc1ccc(NC(=O)C23CCC(C)(c4nc5cc(C)c(C)cc5nc42)C3(C)C)cc1. The molecule has 2 aliphatic carbocycles. The summed E-state index contributed by atoms with van der Waals surface area (Å²) >= 11 is 0. The van der Waals surface area contributed by atoms with Crippen molar-refractivity contribution in [2.75, 3.05) is 11.9 Å². The molecule has 5 rings (SSSR count). The van der Waals surface area contributed by atoms with Crippen molar-refractivity contribution in [1.29, 1.82) is 0 Å². The average Bonchev–Trinajstić information content (AvgIpc) is 3.10. The van der Waals surface area contributed by atoms with E-state index in [2.05, 4.69) is 59.0 Å². The highest BCUT2D eigenvalue weighted by atomic mass is 16.5. The second-order valence-electron chi connectivity index (χ2n) is 10.9. The number of hydrogen-bond donors (Lipinski definition) is 1. The molecule has 1 heterocycles. The maximum atomic E-state index is 14.1. The lowest BCUT2D eigenvalue weighted by Crippen LogP contribution is -2.48. The van der Waals surface area contributed by atoms with Gasteiger partial charge in [-0.25, -0.2) is 9.97 Å². The number of nitrogens with one attached hydrogen (secondary N) is 1. The number of aryl methyl sites for hydroxylation is 2. The number of benzene rings is 2. The van der Waals surface area contributed by atoms with Crippen molar-refractivity contribution in [2.45, 2.75) is 78.1 Å². The molecule has 1 amide bonds. The number of aromatic nitrogens is 2. The number of hydrogen-bond acceptors (Lipinski definition) is 4. The lowest BCUT2D eigenvalue weighted by atomic mass is 9.63. The minimum absolute atomic E-state index is 0.0112. The molecule has 1 fully saturated rings. The molecular weight excluding hydrogens is 422 g/mol. The van der Waals surface area contributed by atoms with Crippen LogP contribution in [-0.4, -0.2) is 22.5 Å². The molecule has 2 bridgehead atoms. The van der Waals surface area contributed by atoms with Gasteiger partial charge in [-0.05, 0) is 86.1 Å². The van der Waals surface area contributed by atoms with E-state index in [1.165, 1.54) is 11.1 Å². The third-order valence-corrected chi connectivity index (χ3v) is 8.92. The summed E-state index contributed by atoms with van der Waals surface area (Å²) in [4.78, 5) is 24.3. The maximum Gasteiger partial charge on any atom is 0.237 e. The largest absolute Gasteiger partial charge is 0.494 e. The van der Waals surface area contributed by atoms with E-state index in [1.54, 1.807) is 0 Å². The molecule has 5 heteroatoms. The van der Waals surface area contributed by atoms with Crippen LogP contribution in [0.3, 0.4) is 0 Å². The number of ether oxygens (including phenoxy) is 1. The van der Waals surface area contributed by atoms with Crippen molar-refractivity contribution in [3.8, 4) is 5.75 Å². The zero-order valence-electron chi connectivity index (χ0n) is 21.2. The van der Waals surface area contributed by atoms with Crippen molar-refractivity contribution in [2.24, 2.45) is 5.41 Å². The van der Waals surface area contributed by atoms with Gasteiger partial charge in [-0.2, -0.15) is 0 Å². The summed E-state index contributed by atoms with van der Waals surface area (Å²) in [5.74, 6) is 0.838. The van der Waals surface area contributed by atoms with E-state index in [4.69, 9.17) is 14.7 Å². The molecule has 0 spiro atoms. The number of carbonyl (C=O) groups is 1. The lowest BCUT2D eigenvalue weighted by molar-refractivity contribution is -0.125. The first-order chi connectivity index (χ1) is 16.1.